The van der Waals surface area contributed by atoms with Crippen molar-refractivity contribution in [2.75, 3.05) is 20.1 Å². The number of nitrogens with zero attached hydrogens (tertiary/aromatic N) is 1. The molecule has 0 aromatic heterocycles. The molecule has 2 heteroatoms. The average molecular weight is 226 g/mol. The zero-order valence-electron chi connectivity index (χ0n) is 7.21. The van der Waals surface area contributed by atoms with E-state index in [2.05, 4.69) is 24.9 Å². The van der Waals surface area contributed by atoms with Crippen molar-refractivity contribution in [3.05, 3.63) is 25.0 Å². The van der Waals surface area contributed by atoms with Gasteiger partial charge in [0.2, 0.25) is 0 Å². The van der Waals surface area contributed by atoms with Crippen molar-refractivity contribution < 1.29 is 32.7 Å². The summed E-state index contributed by atoms with van der Waals surface area (Å²) in [6, 6.07) is 0. The van der Waals surface area contributed by atoms with Crippen molar-refractivity contribution in [3.63, 3.8) is 0 Å². The maximum Gasteiger partial charge on any atom is 0 e. The largest absolute Gasteiger partial charge is 0.381 e. The molecule has 0 aromatic rings. The van der Waals surface area contributed by atoms with Crippen LogP contribution >= 0.6 is 0 Å². The molecule has 1 nitrogen and oxygen atoms in total. The van der Waals surface area contributed by atoms with E-state index in [0.717, 1.165) is 0 Å². The van der Waals surface area contributed by atoms with Gasteiger partial charge < -0.3 is 24.0 Å². The zero-order chi connectivity index (χ0) is 7.40. The van der Waals surface area contributed by atoms with Gasteiger partial charge in [-0.2, -0.15) is 0 Å². The molecule has 0 bridgehead atoms. The van der Waals surface area contributed by atoms with E-state index < -0.39 is 0 Å². The summed E-state index contributed by atoms with van der Waals surface area (Å²) in [7, 11) is 2.17. The Kier molecular flexibility index (Phi) is 6.41. The predicted molar refractivity (Wildman–Crippen MR) is 44.5 cm³/mol. The Balaban J connectivity index is 0.000001000. The van der Waals surface area contributed by atoms with Gasteiger partial charge in [-0.3, -0.25) is 5.92 Å². The van der Waals surface area contributed by atoms with E-state index in [1.165, 1.54) is 25.9 Å². The molecule has 1 radical (unpaired) electrons. The fourth-order valence-electron chi connectivity index (χ4n) is 1.24. The molecule has 0 aliphatic carbocycles. The van der Waals surface area contributed by atoms with Gasteiger partial charge in [-0.15, -0.1) is 12.8 Å². The smallest absolute Gasteiger partial charge is 0 e. The molecule has 1 aliphatic heterocycles. The summed E-state index contributed by atoms with van der Waals surface area (Å²) in [5, 5.41) is 0. The Bertz CT molecular complexity index is 115. The molecule has 0 atom stereocenters. The van der Waals surface area contributed by atoms with Gasteiger partial charge in [0.1, 0.15) is 0 Å². The van der Waals surface area contributed by atoms with Crippen LogP contribution < -0.4 is 0 Å². The number of allylic oxidation sites excluding steroid dienone is 2. The first-order valence-corrected chi connectivity index (χ1v) is 3.82. The van der Waals surface area contributed by atoms with Crippen molar-refractivity contribution in [2.24, 2.45) is 0 Å². The van der Waals surface area contributed by atoms with Crippen molar-refractivity contribution in [1.82, 2.24) is 4.90 Å². The van der Waals surface area contributed by atoms with Gasteiger partial charge in [-0.05, 0) is 20.1 Å². The summed E-state index contributed by atoms with van der Waals surface area (Å²) in [5.41, 5.74) is 0. The molecule has 1 saturated heterocycles. The second-order valence-electron chi connectivity index (χ2n) is 2.86. The molecule has 11 heavy (non-hydrogen) atoms. The molecule has 0 amide bonds. The monoisotopic (exact) mass is 226 g/mol. The van der Waals surface area contributed by atoms with Gasteiger partial charge >= 0.3 is 0 Å². The van der Waals surface area contributed by atoms with Gasteiger partial charge in [0.05, 0.1) is 0 Å². The predicted octanol–water partition coefficient (Wildman–Crippen LogP) is 1.67. The number of hydrogen-bond acceptors (Lipinski definition) is 1. The van der Waals surface area contributed by atoms with E-state index in [-0.39, 0.29) is 32.7 Å². The molecule has 0 aromatic carbocycles. The second kappa shape index (κ2) is 6.10. The van der Waals surface area contributed by atoms with Gasteiger partial charge in [0.15, 0.2) is 0 Å². The molecule has 0 unspecified atom stereocenters. The van der Waals surface area contributed by atoms with E-state index in [1.807, 2.05) is 6.08 Å². The standard InChI is InChI=1S/C9H15N.Y/c1-3-4-9-5-7-10(2)8-6-9;/h3-4H,1,5-8H2,2H3;/q-2;/b4-3-;. The maximum absolute atomic E-state index is 3.68. The Morgan fingerprint density at radius 1 is 1.36 bits per heavy atom. The van der Waals surface area contributed by atoms with E-state index >= 15 is 0 Å². The van der Waals surface area contributed by atoms with Crippen molar-refractivity contribution in [2.45, 2.75) is 12.8 Å². The van der Waals surface area contributed by atoms with Crippen LogP contribution in [0, 0.1) is 12.8 Å². The van der Waals surface area contributed by atoms with Gasteiger partial charge in [0, 0.05) is 32.7 Å². The van der Waals surface area contributed by atoms with Crippen LogP contribution in [0.3, 0.4) is 0 Å². The average Bonchev–Trinajstić information content (AvgIpc) is 1.95. The number of rotatable bonds is 1. The first-order chi connectivity index (χ1) is 4.83. The molecule has 1 fully saturated rings. The van der Waals surface area contributed by atoms with Crippen LogP contribution in [0.25, 0.3) is 0 Å². The molecule has 1 rings (SSSR count). The Hall–Kier alpha value is 0.544. The zero-order valence-corrected chi connectivity index (χ0v) is 10.1. The summed E-state index contributed by atoms with van der Waals surface area (Å²) in [4.78, 5) is 2.36. The summed E-state index contributed by atoms with van der Waals surface area (Å²) < 4.78 is 0. The molecular weight excluding hydrogens is 211 g/mol. The minimum absolute atomic E-state index is 0. The molecule has 1 aliphatic rings. The van der Waals surface area contributed by atoms with E-state index in [1.54, 1.807) is 5.92 Å². The number of hydrogen-bond donors (Lipinski definition) is 0. The van der Waals surface area contributed by atoms with Crippen molar-refractivity contribution in [1.29, 1.82) is 0 Å². The summed E-state index contributed by atoms with van der Waals surface area (Å²) >= 11 is 0. The Morgan fingerprint density at radius 2 is 1.91 bits per heavy atom. The topological polar surface area (TPSA) is 3.24 Å². The normalized spacial score (nSPS) is 20.3. The van der Waals surface area contributed by atoms with Gasteiger partial charge in [-0.1, -0.05) is 0 Å². The van der Waals surface area contributed by atoms with Crippen molar-refractivity contribution >= 4 is 0 Å². The molecular formula is C9H15NY-2. The van der Waals surface area contributed by atoms with Crippen LogP contribution in [0.1, 0.15) is 12.8 Å². The summed E-state index contributed by atoms with van der Waals surface area (Å²) in [5.74, 6) is 1.55. The maximum atomic E-state index is 3.68. The van der Waals surface area contributed by atoms with Crippen LogP contribution in [0.4, 0.5) is 0 Å². The van der Waals surface area contributed by atoms with E-state index in [0.29, 0.717) is 0 Å². The van der Waals surface area contributed by atoms with E-state index in [4.69, 9.17) is 0 Å². The van der Waals surface area contributed by atoms with Crippen LogP contribution in [0.2, 0.25) is 0 Å². The SMILES string of the molecule is [CH2-]/C=C\[C-]1CCN(C)CC1.[Y]. The third-order valence-corrected chi connectivity index (χ3v) is 1.98. The second-order valence-corrected chi connectivity index (χ2v) is 2.86. The minimum Gasteiger partial charge on any atom is -0.381 e. The van der Waals surface area contributed by atoms with E-state index in [9.17, 15) is 0 Å². The Labute approximate surface area is 95.1 Å². The van der Waals surface area contributed by atoms with Crippen LogP contribution in [-0.2, 0) is 32.7 Å². The molecule has 0 spiro atoms. The fraction of sp³-hybridized carbons (Fsp3) is 0.556. The quantitative estimate of drug-likeness (QED) is 0.615. The van der Waals surface area contributed by atoms with Gasteiger partial charge in [-0.25, -0.2) is 0 Å². The molecule has 1 heterocycles. The Morgan fingerprint density at radius 3 is 2.36 bits per heavy atom. The van der Waals surface area contributed by atoms with Gasteiger partial charge in [0.25, 0.3) is 0 Å². The first-order valence-electron chi connectivity index (χ1n) is 3.82. The number of piperidine rings is 1. The molecule has 0 N–H and O–H groups in total. The first kappa shape index (κ1) is 11.5. The minimum atomic E-state index is 0. The van der Waals surface area contributed by atoms with Crippen molar-refractivity contribution in [3.8, 4) is 0 Å². The molecule has 0 saturated carbocycles. The fourth-order valence-corrected chi connectivity index (χ4v) is 1.24. The molecule has 61 valence electrons. The van der Waals surface area contributed by atoms with Crippen LogP contribution in [0.15, 0.2) is 12.2 Å². The third-order valence-electron chi connectivity index (χ3n) is 1.98. The summed E-state index contributed by atoms with van der Waals surface area (Å²) in [6.07, 6.45) is 6.48. The third kappa shape index (κ3) is 4.20. The van der Waals surface area contributed by atoms with Crippen LogP contribution in [-0.4, -0.2) is 25.0 Å². The number of likely N-dealkylation sites (tertiary alicyclic amines) is 1. The summed E-state index contributed by atoms with van der Waals surface area (Å²) in [6.45, 7) is 6.10. The van der Waals surface area contributed by atoms with Crippen LogP contribution in [0.5, 0.6) is 0 Å².